The Morgan fingerprint density at radius 3 is 2.95 bits per heavy atom. The van der Waals surface area contributed by atoms with Crippen molar-refractivity contribution < 1.29 is 9.66 Å². The maximum Gasteiger partial charge on any atom is 0.311 e. The first-order valence-corrected chi connectivity index (χ1v) is 6.31. The fourth-order valence-corrected chi connectivity index (χ4v) is 2.17. The van der Waals surface area contributed by atoms with Crippen LogP contribution in [0.15, 0.2) is 12.1 Å². The molecule has 0 radical (unpaired) electrons. The lowest BCUT2D eigenvalue weighted by Gasteiger charge is -2.28. The number of aromatic nitrogens is 1. The number of ether oxygens (including phenoxy) is 1. The predicted octanol–water partition coefficient (Wildman–Crippen LogP) is 1.58. The van der Waals surface area contributed by atoms with E-state index in [1.54, 1.807) is 6.07 Å². The summed E-state index contributed by atoms with van der Waals surface area (Å²) in [4.78, 5) is 16.1. The molecule has 0 aromatic carbocycles. The molecular weight excluding hydrogens is 248 g/mol. The van der Waals surface area contributed by atoms with Gasteiger partial charge in [0.15, 0.2) is 0 Å². The van der Waals surface area contributed by atoms with Crippen LogP contribution in [0.4, 0.5) is 17.3 Å². The average molecular weight is 266 g/mol. The van der Waals surface area contributed by atoms with Crippen LogP contribution in [0.1, 0.15) is 19.3 Å². The third-order valence-electron chi connectivity index (χ3n) is 3.23. The summed E-state index contributed by atoms with van der Waals surface area (Å²) in [6.07, 6.45) is 3.52. The highest BCUT2D eigenvalue weighted by Crippen LogP contribution is 2.23. The number of anilines is 2. The maximum atomic E-state index is 10.7. The van der Waals surface area contributed by atoms with Crippen molar-refractivity contribution in [3.05, 3.63) is 22.2 Å². The lowest BCUT2D eigenvalue weighted by Crippen LogP contribution is -2.33. The van der Waals surface area contributed by atoms with Crippen LogP contribution in [0.2, 0.25) is 0 Å². The quantitative estimate of drug-likeness (QED) is 0.656. The van der Waals surface area contributed by atoms with Crippen molar-refractivity contribution in [2.75, 3.05) is 30.8 Å². The van der Waals surface area contributed by atoms with Gasteiger partial charge in [0, 0.05) is 26.3 Å². The molecule has 104 valence electrons. The summed E-state index contributed by atoms with van der Waals surface area (Å²) in [5, 5.41) is 10.7. The molecule has 1 saturated heterocycles. The molecule has 0 bridgehead atoms. The van der Waals surface area contributed by atoms with E-state index in [4.69, 9.17) is 10.5 Å². The zero-order valence-corrected chi connectivity index (χ0v) is 10.9. The highest BCUT2D eigenvalue weighted by molar-refractivity contribution is 5.57. The van der Waals surface area contributed by atoms with Crippen molar-refractivity contribution in [2.24, 2.45) is 0 Å². The molecule has 7 nitrogen and oxygen atoms in total. The average Bonchev–Trinajstić information content (AvgIpc) is 2.39. The van der Waals surface area contributed by atoms with Gasteiger partial charge in [-0.3, -0.25) is 10.1 Å². The molecule has 7 heteroatoms. The lowest BCUT2D eigenvalue weighted by atomic mass is 10.1. The number of likely N-dealkylation sites (N-methyl/N-ethyl adjacent to an activating group) is 1. The Morgan fingerprint density at radius 2 is 2.37 bits per heavy atom. The molecule has 1 atom stereocenters. The Kier molecular flexibility index (Phi) is 4.16. The second-order valence-corrected chi connectivity index (χ2v) is 4.70. The Labute approximate surface area is 111 Å². The number of nitrogens with two attached hydrogens (primary N) is 1. The molecule has 2 N–H and O–H groups in total. The highest BCUT2D eigenvalue weighted by atomic mass is 16.6. The van der Waals surface area contributed by atoms with Crippen LogP contribution in [-0.4, -0.2) is 36.2 Å². The normalized spacial score (nSPS) is 19.1. The van der Waals surface area contributed by atoms with Crippen LogP contribution >= 0.6 is 0 Å². The Bertz CT molecular complexity index is 460. The summed E-state index contributed by atoms with van der Waals surface area (Å²) < 4.78 is 5.65. The van der Waals surface area contributed by atoms with Crippen molar-refractivity contribution in [3.63, 3.8) is 0 Å². The van der Waals surface area contributed by atoms with Gasteiger partial charge in [0.05, 0.1) is 11.0 Å². The molecule has 1 aromatic rings. The van der Waals surface area contributed by atoms with Gasteiger partial charge < -0.3 is 15.4 Å². The number of nitrogens with zero attached hydrogens (tertiary/aromatic N) is 3. The summed E-state index contributed by atoms with van der Waals surface area (Å²) in [5.41, 5.74) is 5.42. The van der Waals surface area contributed by atoms with E-state index in [-0.39, 0.29) is 17.6 Å². The van der Waals surface area contributed by atoms with E-state index >= 15 is 0 Å². The summed E-state index contributed by atoms with van der Waals surface area (Å²) in [7, 11) is 1.88. The molecule has 1 unspecified atom stereocenters. The molecule has 2 rings (SSSR count). The second-order valence-electron chi connectivity index (χ2n) is 4.70. The third kappa shape index (κ3) is 3.31. The second kappa shape index (κ2) is 5.83. The number of pyridine rings is 1. The van der Waals surface area contributed by atoms with Gasteiger partial charge in [0.1, 0.15) is 5.82 Å². The van der Waals surface area contributed by atoms with E-state index < -0.39 is 4.92 Å². The fourth-order valence-electron chi connectivity index (χ4n) is 2.17. The van der Waals surface area contributed by atoms with E-state index in [1.807, 2.05) is 11.9 Å². The molecule has 0 saturated carbocycles. The van der Waals surface area contributed by atoms with Gasteiger partial charge in [0.2, 0.25) is 5.82 Å². The standard InChI is InChI=1S/C12H18N4O3/c1-15(8-9-4-2-3-7-19-9)11-6-5-10(16(17)18)12(13)14-11/h5-6,9H,2-4,7-8H2,1H3,(H2,13,14). The topological polar surface area (TPSA) is 94.5 Å². The Morgan fingerprint density at radius 1 is 1.58 bits per heavy atom. The fraction of sp³-hybridized carbons (Fsp3) is 0.583. The maximum absolute atomic E-state index is 10.7. The van der Waals surface area contributed by atoms with E-state index in [2.05, 4.69) is 4.98 Å². The first-order chi connectivity index (χ1) is 9.08. The molecule has 19 heavy (non-hydrogen) atoms. The Balaban J connectivity index is 2.04. The SMILES string of the molecule is CN(CC1CCCCO1)c1ccc([N+](=O)[O-])c(N)n1. The molecule has 2 heterocycles. The van der Waals surface area contributed by atoms with Gasteiger partial charge in [-0.2, -0.15) is 0 Å². The van der Waals surface area contributed by atoms with Gasteiger partial charge >= 0.3 is 5.69 Å². The van der Waals surface area contributed by atoms with Crippen LogP contribution in [-0.2, 0) is 4.74 Å². The zero-order chi connectivity index (χ0) is 13.8. The van der Waals surface area contributed by atoms with Crippen LogP contribution in [0.5, 0.6) is 0 Å². The smallest absolute Gasteiger partial charge is 0.311 e. The molecule has 0 spiro atoms. The Hall–Kier alpha value is -1.89. The van der Waals surface area contributed by atoms with Crippen LogP contribution in [0.3, 0.4) is 0 Å². The number of nitro groups is 1. The molecule has 1 aliphatic heterocycles. The largest absolute Gasteiger partial charge is 0.378 e. The van der Waals surface area contributed by atoms with E-state index in [0.29, 0.717) is 12.4 Å². The van der Waals surface area contributed by atoms with Crippen molar-refractivity contribution in [3.8, 4) is 0 Å². The summed E-state index contributed by atoms with van der Waals surface area (Å²) in [6, 6.07) is 2.99. The zero-order valence-electron chi connectivity index (χ0n) is 10.9. The van der Waals surface area contributed by atoms with Crippen molar-refractivity contribution >= 4 is 17.3 Å². The van der Waals surface area contributed by atoms with Crippen molar-refractivity contribution in [1.82, 2.24) is 4.98 Å². The van der Waals surface area contributed by atoms with Gasteiger partial charge in [-0.25, -0.2) is 4.98 Å². The van der Waals surface area contributed by atoms with Crippen LogP contribution in [0.25, 0.3) is 0 Å². The lowest BCUT2D eigenvalue weighted by molar-refractivity contribution is -0.384. The van der Waals surface area contributed by atoms with E-state index in [0.717, 1.165) is 19.4 Å². The minimum Gasteiger partial charge on any atom is -0.378 e. The van der Waals surface area contributed by atoms with Crippen molar-refractivity contribution in [2.45, 2.75) is 25.4 Å². The summed E-state index contributed by atoms with van der Waals surface area (Å²) in [5.74, 6) is 0.566. The molecule has 0 amide bonds. The van der Waals surface area contributed by atoms with Gasteiger partial charge in [-0.15, -0.1) is 0 Å². The first-order valence-electron chi connectivity index (χ1n) is 6.31. The third-order valence-corrected chi connectivity index (χ3v) is 3.23. The molecule has 1 fully saturated rings. The van der Waals surface area contributed by atoms with E-state index in [1.165, 1.54) is 12.5 Å². The number of nitrogen functional groups attached to an aromatic ring is 1. The minimum absolute atomic E-state index is 0.0566. The molecule has 0 aliphatic carbocycles. The monoisotopic (exact) mass is 266 g/mol. The van der Waals surface area contributed by atoms with Crippen LogP contribution in [0, 0.1) is 10.1 Å². The minimum atomic E-state index is -0.531. The highest BCUT2D eigenvalue weighted by Gasteiger charge is 2.19. The number of hydrogen-bond acceptors (Lipinski definition) is 6. The number of hydrogen-bond donors (Lipinski definition) is 1. The summed E-state index contributed by atoms with van der Waals surface area (Å²) in [6.45, 7) is 1.51. The first kappa shape index (κ1) is 13.5. The predicted molar refractivity (Wildman–Crippen MR) is 72.2 cm³/mol. The van der Waals surface area contributed by atoms with Gasteiger partial charge in [-0.1, -0.05) is 0 Å². The number of rotatable bonds is 4. The molecular formula is C12H18N4O3. The van der Waals surface area contributed by atoms with Gasteiger partial charge in [0.25, 0.3) is 0 Å². The molecule has 1 aromatic heterocycles. The molecule has 1 aliphatic rings. The summed E-state index contributed by atoms with van der Waals surface area (Å²) >= 11 is 0. The van der Waals surface area contributed by atoms with E-state index in [9.17, 15) is 10.1 Å². The van der Waals surface area contributed by atoms with Gasteiger partial charge in [-0.05, 0) is 25.3 Å². The van der Waals surface area contributed by atoms with Crippen molar-refractivity contribution in [1.29, 1.82) is 0 Å². The van der Waals surface area contributed by atoms with Crippen LogP contribution < -0.4 is 10.6 Å².